The number of primary amides is 1. The highest BCUT2D eigenvalue weighted by Gasteiger charge is 2.12. The average Bonchev–Trinajstić information content (AvgIpc) is 2.64. The monoisotopic (exact) mass is 242 g/mol. The molecule has 0 saturated heterocycles. The molecule has 1 heterocycles. The van der Waals surface area contributed by atoms with E-state index in [0.29, 0.717) is 6.54 Å². The number of hydrogen-bond acceptors (Lipinski definition) is 4. The van der Waals surface area contributed by atoms with Gasteiger partial charge >= 0.3 is 5.97 Å². The van der Waals surface area contributed by atoms with Gasteiger partial charge in [0.2, 0.25) is 5.91 Å². The van der Waals surface area contributed by atoms with Crippen molar-refractivity contribution >= 4 is 23.2 Å². The second-order valence-electron chi connectivity index (χ2n) is 3.45. The fourth-order valence-electron chi connectivity index (χ4n) is 1.35. The predicted molar refractivity (Wildman–Crippen MR) is 61.3 cm³/mol. The molecule has 3 N–H and O–H groups in total. The van der Waals surface area contributed by atoms with Crippen molar-refractivity contribution in [2.24, 2.45) is 5.73 Å². The maximum absolute atomic E-state index is 10.7. The van der Waals surface area contributed by atoms with E-state index in [2.05, 4.69) is 0 Å². The average molecular weight is 242 g/mol. The molecule has 0 aromatic carbocycles. The Balaban J connectivity index is 2.43. The standard InChI is InChI=1S/C10H14N2O3S/c11-9(13)5-12(6-10(14)15)3-1-8-2-4-16-7-8/h2,4,7H,1,3,5-6H2,(H2,11,13)(H,14,15). The molecule has 0 bridgehead atoms. The molecule has 5 nitrogen and oxygen atoms in total. The SMILES string of the molecule is NC(=O)CN(CCc1ccsc1)CC(=O)O. The third-order valence-electron chi connectivity index (χ3n) is 2.04. The van der Waals surface area contributed by atoms with E-state index in [1.807, 2.05) is 16.8 Å². The van der Waals surface area contributed by atoms with E-state index in [1.165, 1.54) is 4.90 Å². The summed E-state index contributed by atoms with van der Waals surface area (Å²) < 4.78 is 0. The van der Waals surface area contributed by atoms with Gasteiger partial charge in [-0.2, -0.15) is 11.3 Å². The molecular weight excluding hydrogens is 228 g/mol. The van der Waals surface area contributed by atoms with Crippen LogP contribution in [0.25, 0.3) is 0 Å². The van der Waals surface area contributed by atoms with Crippen molar-refractivity contribution in [2.75, 3.05) is 19.6 Å². The molecule has 88 valence electrons. The Morgan fingerprint density at radius 2 is 2.19 bits per heavy atom. The van der Waals surface area contributed by atoms with E-state index in [9.17, 15) is 9.59 Å². The summed E-state index contributed by atoms with van der Waals surface area (Å²) in [5.41, 5.74) is 6.19. The zero-order valence-electron chi connectivity index (χ0n) is 8.76. The van der Waals surface area contributed by atoms with Crippen LogP contribution >= 0.6 is 11.3 Å². The highest BCUT2D eigenvalue weighted by Crippen LogP contribution is 2.07. The van der Waals surface area contributed by atoms with Gasteiger partial charge in [-0.3, -0.25) is 14.5 Å². The number of amides is 1. The van der Waals surface area contributed by atoms with Gasteiger partial charge in [-0.25, -0.2) is 0 Å². The quantitative estimate of drug-likeness (QED) is 0.713. The Morgan fingerprint density at radius 1 is 1.44 bits per heavy atom. The van der Waals surface area contributed by atoms with Gasteiger partial charge in [-0.15, -0.1) is 0 Å². The lowest BCUT2D eigenvalue weighted by Gasteiger charge is -2.17. The van der Waals surface area contributed by atoms with E-state index < -0.39 is 11.9 Å². The van der Waals surface area contributed by atoms with Crippen LogP contribution in [0.15, 0.2) is 16.8 Å². The molecule has 0 fully saturated rings. The van der Waals surface area contributed by atoms with Gasteiger partial charge < -0.3 is 10.8 Å². The topological polar surface area (TPSA) is 83.6 Å². The lowest BCUT2D eigenvalue weighted by atomic mass is 10.2. The summed E-state index contributed by atoms with van der Waals surface area (Å²) in [4.78, 5) is 22.8. The number of carboxylic acids is 1. The molecular formula is C10H14N2O3S. The normalized spacial score (nSPS) is 10.6. The van der Waals surface area contributed by atoms with Crippen LogP contribution in [0.1, 0.15) is 5.56 Å². The van der Waals surface area contributed by atoms with Crippen molar-refractivity contribution in [1.29, 1.82) is 0 Å². The third-order valence-corrected chi connectivity index (χ3v) is 2.77. The van der Waals surface area contributed by atoms with Crippen LogP contribution in [0.4, 0.5) is 0 Å². The fourth-order valence-corrected chi connectivity index (χ4v) is 2.05. The summed E-state index contributed by atoms with van der Waals surface area (Å²) in [6.45, 7) is 0.343. The number of nitrogens with zero attached hydrogens (tertiary/aromatic N) is 1. The molecule has 0 aliphatic rings. The molecule has 16 heavy (non-hydrogen) atoms. The number of rotatable bonds is 7. The van der Waals surface area contributed by atoms with Gasteiger partial charge in [-0.05, 0) is 28.8 Å². The van der Waals surface area contributed by atoms with Crippen LogP contribution in [-0.2, 0) is 16.0 Å². The molecule has 0 saturated carbocycles. The van der Waals surface area contributed by atoms with Crippen LogP contribution in [0, 0.1) is 0 Å². The van der Waals surface area contributed by atoms with E-state index in [-0.39, 0.29) is 13.1 Å². The molecule has 0 aliphatic heterocycles. The lowest BCUT2D eigenvalue weighted by molar-refractivity contribution is -0.138. The number of carboxylic acid groups (broad SMARTS) is 1. The van der Waals surface area contributed by atoms with E-state index in [1.54, 1.807) is 11.3 Å². The Morgan fingerprint density at radius 3 is 2.69 bits per heavy atom. The fraction of sp³-hybridized carbons (Fsp3) is 0.400. The Labute approximate surface area is 97.5 Å². The molecule has 1 rings (SSSR count). The van der Waals surface area contributed by atoms with Crippen molar-refractivity contribution in [3.8, 4) is 0 Å². The Bertz CT molecular complexity index is 335. The molecule has 1 aromatic heterocycles. The minimum absolute atomic E-state index is 0.0174. The maximum atomic E-state index is 10.7. The third kappa shape index (κ3) is 4.90. The van der Waals surface area contributed by atoms with Crippen LogP contribution in [-0.4, -0.2) is 41.5 Å². The molecule has 1 amide bonds. The molecule has 0 atom stereocenters. The summed E-state index contributed by atoms with van der Waals surface area (Å²) in [5.74, 6) is -1.46. The van der Waals surface area contributed by atoms with Crippen molar-refractivity contribution in [3.05, 3.63) is 22.4 Å². The van der Waals surface area contributed by atoms with Crippen LogP contribution in [0.5, 0.6) is 0 Å². The number of carbonyl (C=O) groups is 2. The summed E-state index contributed by atoms with van der Waals surface area (Å²) in [7, 11) is 0. The Hall–Kier alpha value is -1.40. The van der Waals surface area contributed by atoms with Gasteiger partial charge in [0.1, 0.15) is 0 Å². The maximum Gasteiger partial charge on any atom is 0.317 e. The zero-order chi connectivity index (χ0) is 12.0. The first-order valence-electron chi connectivity index (χ1n) is 4.81. The van der Waals surface area contributed by atoms with Gasteiger partial charge in [0, 0.05) is 6.54 Å². The second-order valence-corrected chi connectivity index (χ2v) is 4.23. The summed E-state index contributed by atoms with van der Waals surface area (Å²) in [6.07, 6.45) is 0.726. The zero-order valence-corrected chi connectivity index (χ0v) is 9.57. The molecule has 0 aliphatic carbocycles. The van der Waals surface area contributed by atoms with Crippen molar-refractivity contribution in [2.45, 2.75) is 6.42 Å². The summed E-state index contributed by atoms with van der Waals surface area (Å²) in [6, 6.07) is 1.98. The van der Waals surface area contributed by atoms with Gasteiger partial charge in [0.25, 0.3) is 0 Å². The highest BCUT2D eigenvalue weighted by molar-refractivity contribution is 7.07. The molecule has 0 radical (unpaired) electrons. The lowest BCUT2D eigenvalue weighted by Crippen LogP contribution is -2.38. The van der Waals surface area contributed by atoms with Crippen molar-refractivity contribution < 1.29 is 14.7 Å². The Kier molecular flexibility index (Phi) is 4.94. The largest absolute Gasteiger partial charge is 0.480 e. The molecule has 1 aromatic rings. The predicted octanol–water partition coefficient (Wildman–Crippen LogP) is 0.162. The molecule has 0 unspecified atom stereocenters. The smallest absolute Gasteiger partial charge is 0.317 e. The van der Waals surface area contributed by atoms with Gasteiger partial charge in [0.15, 0.2) is 0 Å². The van der Waals surface area contributed by atoms with Gasteiger partial charge in [0.05, 0.1) is 13.1 Å². The van der Waals surface area contributed by atoms with Crippen LogP contribution in [0.2, 0.25) is 0 Å². The summed E-state index contributed by atoms with van der Waals surface area (Å²) >= 11 is 1.59. The first-order chi connectivity index (χ1) is 7.58. The van der Waals surface area contributed by atoms with Gasteiger partial charge in [-0.1, -0.05) is 0 Å². The molecule has 6 heteroatoms. The van der Waals surface area contributed by atoms with Crippen LogP contribution in [0.3, 0.4) is 0 Å². The second kappa shape index (κ2) is 6.24. The number of carbonyl (C=O) groups excluding carboxylic acids is 1. The van der Waals surface area contributed by atoms with Crippen molar-refractivity contribution in [1.82, 2.24) is 4.90 Å². The van der Waals surface area contributed by atoms with E-state index >= 15 is 0 Å². The minimum Gasteiger partial charge on any atom is -0.480 e. The van der Waals surface area contributed by atoms with Crippen molar-refractivity contribution in [3.63, 3.8) is 0 Å². The molecule has 0 spiro atoms. The minimum atomic E-state index is -0.952. The number of hydrogen-bond donors (Lipinski definition) is 2. The number of aliphatic carboxylic acids is 1. The van der Waals surface area contributed by atoms with E-state index in [0.717, 1.165) is 12.0 Å². The number of nitrogens with two attached hydrogens (primary N) is 1. The first kappa shape index (κ1) is 12.7. The number of thiophene rings is 1. The van der Waals surface area contributed by atoms with Crippen LogP contribution < -0.4 is 5.73 Å². The highest BCUT2D eigenvalue weighted by atomic mass is 32.1. The summed E-state index contributed by atoms with van der Waals surface area (Å²) in [5, 5.41) is 12.6. The first-order valence-corrected chi connectivity index (χ1v) is 5.75. The van der Waals surface area contributed by atoms with E-state index in [4.69, 9.17) is 10.8 Å².